The Balaban J connectivity index is 1.46. The molecule has 8 nitrogen and oxygen atoms in total. The average Bonchev–Trinajstić information content (AvgIpc) is 3.26. The van der Waals surface area contributed by atoms with Crippen LogP contribution in [0.15, 0.2) is 24.5 Å². The first kappa shape index (κ1) is 16.0. The van der Waals surface area contributed by atoms with E-state index < -0.39 is 0 Å². The standard InChI is InChI=1S/C17H22N6O2/c1-17(2)10-23(14-9-25-8-12(14)17)16(24)19-15-5-4-13(20-21-15)11-6-18-22(3)7-11/h4-7,12,14H,8-10H2,1-3H3,(H,19,21,24)/t12-,14+/m1/s1. The van der Waals surface area contributed by atoms with Crippen molar-refractivity contribution in [1.82, 2.24) is 24.9 Å². The lowest BCUT2D eigenvalue weighted by Gasteiger charge is -2.24. The van der Waals surface area contributed by atoms with Gasteiger partial charge in [-0.05, 0) is 17.5 Å². The molecule has 0 aromatic carbocycles. The van der Waals surface area contributed by atoms with Gasteiger partial charge >= 0.3 is 6.03 Å². The smallest absolute Gasteiger partial charge is 0.323 e. The lowest BCUT2D eigenvalue weighted by molar-refractivity contribution is 0.127. The summed E-state index contributed by atoms with van der Waals surface area (Å²) in [5.74, 6) is 0.829. The molecule has 0 aliphatic carbocycles. The third kappa shape index (κ3) is 2.86. The number of urea groups is 1. The van der Waals surface area contributed by atoms with Crippen molar-refractivity contribution >= 4 is 11.8 Å². The van der Waals surface area contributed by atoms with E-state index in [1.165, 1.54) is 0 Å². The summed E-state index contributed by atoms with van der Waals surface area (Å²) in [6.45, 7) is 6.43. The third-order valence-electron chi connectivity index (χ3n) is 5.19. The van der Waals surface area contributed by atoms with Gasteiger partial charge in [-0.15, -0.1) is 10.2 Å². The fraction of sp³-hybridized carbons (Fsp3) is 0.529. The molecular formula is C17H22N6O2. The summed E-state index contributed by atoms with van der Waals surface area (Å²) in [5, 5.41) is 15.3. The van der Waals surface area contributed by atoms with Crippen LogP contribution in [-0.4, -0.2) is 56.7 Å². The second-order valence-corrected chi connectivity index (χ2v) is 7.46. The zero-order valence-corrected chi connectivity index (χ0v) is 14.6. The maximum atomic E-state index is 12.7. The first-order chi connectivity index (χ1) is 11.9. The van der Waals surface area contributed by atoms with Crippen molar-refractivity contribution in [3.05, 3.63) is 24.5 Å². The van der Waals surface area contributed by atoms with Gasteiger partial charge in [-0.25, -0.2) is 4.79 Å². The molecule has 2 aromatic heterocycles. The second kappa shape index (κ2) is 5.80. The number of carbonyl (C=O) groups excluding carboxylic acids is 1. The largest absolute Gasteiger partial charge is 0.379 e. The Morgan fingerprint density at radius 2 is 2.16 bits per heavy atom. The van der Waals surface area contributed by atoms with Gasteiger partial charge in [0.2, 0.25) is 0 Å². The number of nitrogens with zero attached hydrogens (tertiary/aromatic N) is 5. The number of aryl methyl sites for hydroxylation is 1. The molecule has 0 spiro atoms. The van der Waals surface area contributed by atoms with Gasteiger partial charge in [0.25, 0.3) is 0 Å². The van der Waals surface area contributed by atoms with E-state index in [0.29, 0.717) is 18.3 Å². The molecule has 0 saturated carbocycles. The first-order valence-corrected chi connectivity index (χ1v) is 8.42. The average molecular weight is 342 g/mol. The van der Waals surface area contributed by atoms with Crippen molar-refractivity contribution in [1.29, 1.82) is 0 Å². The third-order valence-corrected chi connectivity index (χ3v) is 5.19. The second-order valence-electron chi connectivity index (χ2n) is 7.46. The number of anilines is 1. The number of hydrogen-bond acceptors (Lipinski definition) is 5. The molecule has 2 fully saturated rings. The van der Waals surface area contributed by atoms with Gasteiger partial charge in [0.15, 0.2) is 5.82 Å². The van der Waals surface area contributed by atoms with E-state index in [1.807, 2.05) is 24.2 Å². The van der Waals surface area contributed by atoms with Gasteiger partial charge in [-0.1, -0.05) is 13.8 Å². The molecule has 8 heteroatoms. The Morgan fingerprint density at radius 1 is 1.32 bits per heavy atom. The van der Waals surface area contributed by atoms with E-state index in [1.54, 1.807) is 16.9 Å². The van der Waals surface area contributed by atoms with Gasteiger partial charge in [0.1, 0.15) is 0 Å². The monoisotopic (exact) mass is 342 g/mol. The van der Waals surface area contributed by atoms with Crippen LogP contribution in [0.2, 0.25) is 0 Å². The van der Waals surface area contributed by atoms with Crippen molar-refractivity contribution in [3.63, 3.8) is 0 Å². The number of carbonyl (C=O) groups is 1. The van der Waals surface area contributed by atoms with Gasteiger partial charge in [-0.3, -0.25) is 10.00 Å². The lowest BCUT2D eigenvalue weighted by Crippen LogP contribution is -2.41. The molecule has 2 atom stereocenters. The summed E-state index contributed by atoms with van der Waals surface area (Å²) in [6, 6.07) is 3.58. The van der Waals surface area contributed by atoms with Crippen molar-refractivity contribution in [2.45, 2.75) is 19.9 Å². The Kier molecular flexibility index (Phi) is 3.72. The van der Waals surface area contributed by atoms with E-state index in [9.17, 15) is 4.79 Å². The fourth-order valence-corrected chi connectivity index (χ4v) is 3.78. The minimum Gasteiger partial charge on any atom is -0.379 e. The van der Waals surface area contributed by atoms with Crippen LogP contribution in [0.5, 0.6) is 0 Å². The number of amides is 2. The molecule has 0 radical (unpaired) electrons. The molecule has 2 amide bonds. The van der Waals surface area contributed by atoms with Crippen LogP contribution in [0, 0.1) is 11.3 Å². The molecule has 4 rings (SSSR count). The van der Waals surface area contributed by atoms with E-state index in [0.717, 1.165) is 24.4 Å². The quantitative estimate of drug-likeness (QED) is 0.899. The highest BCUT2D eigenvalue weighted by Crippen LogP contribution is 2.43. The van der Waals surface area contributed by atoms with Crippen LogP contribution >= 0.6 is 0 Å². The molecule has 4 heterocycles. The summed E-state index contributed by atoms with van der Waals surface area (Å²) >= 11 is 0. The summed E-state index contributed by atoms with van der Waals surface area (Å²) in [5.41, 5.74) is 1.67. The minimum absolute atomic E-state index is 0.0638. The van der Waals surface area contributed by atoms with Gasteiger partial charge in [0, 0.05) is 31.3 Å². The first-order valence-electron chi connectivity index (χ1n) is 8.42. The highest BCUT2D eigenvalue weighted by molar-refractivity contribution is 5.89. The predicted molar refractivity (Wildman–Crippen MR) is 91.8 cm³/mol. The van der Waals surface area contributed by atoms with E-state index in [4.69, 9.17) is 4.74 Å². The molecule has 132 valence electrons. The normalized spacial score (nSPS) is 24.4. The summed E-state index contributed by atoms with van der Waals surface area (Å²) in [4.78, 5) is 14.6. The Labute approximate surface area is 146 Å². The summed E-state index contributed by atoms with van der Waals surface area (Å²) < 4.78 is 7.30. The zero-order chi connectivity index (χ0) is 17.6. The van der Waals surface area contributed by atoms with E-state index in [-0.39, 0.29) is 17.5 Å². The predicted octanol–water partition coefficient (Wildman–Crippen LogP) is 1.77. The maximum Gasteiger partial charge on any atom is 0.323 e. The number of rotatable bonds is 2. The van der Waals surface area contributed by atoms with Crippen LogP contribution in [0.25, 0.3) is 11.3 Å². The number of aromatic nitrogens is 4. The fourth-order valence-electron chi connectivity index (χ4n) is 3.78. The Hall–Kier alpha value is -2.48. The van der Waals surface area contributed by atoms with Crippen LogP contribution < -0.4 is 5.32 Å². The van der Waals surface area contributed by atoms with Crippen molar-refractivity contribution in [2.75, 3.05) is 25.1 Å². The highest BCUT2D eigenvalue weighted by atomic mass is 16.5. The molecular weight excluding hydrogens is 320 g/mol. The molecule has 2 saturated heterocycles. The number of hydrogen-bond donors (Lipinski definition) is 1. The number of ether oxygens (including phenoxy) is 1. The highest BCUT2D eigenvalue weighted by Gasteiger charge is 2.51. The van der Waals surface area contributed by atoms with Crippen molar-refractivity contribution < 1.29 is 9.53 Å². The van der Waals surface area contributed by atoms with Crippen LogP contribution in [0.1, 0.15) is 13.8 Å². The van der Waals surface area contributed by atoms with Crippen LogP contribution in [0.4, 0.5) is 10.6 Å². The Morgan fingerprint density at radius 3 is 2.84 bits per heavy atom. The topological polar surface area (TPSA) is 85.2 Å². The lowest BCUT2D eigenvalue weighted by atomic mass is 9.80. The number of fused-ring (bicyclic) bond motifs is 1. The molecule has 2 aliphatic heterocycles. The summed E-state index contributed by atoms with van der Waals surface area (Å²) in [7, 11) is 1.85. The van der Waals surface area contributed by atoms with Gasteiger partial charge < -0.3 is 9.64 Å². The van der Waals surface area contributed by atoms with Crippen molar-refractivity contribution in [2.24, 2.45) is 18.4 Å². The number of likely N-dealkylation sites (tertiary alicyclic amines) is 1. The number of nitrogens with one attached hydrogen (secondary N) is 1. The maximum absolute atomic E-state index is 12.7. The van der Waals surface area contributed by atoms with Crippen LogP contribution in [0.3, 0.4) is 0 Å². The molecule has 25 heavy (non-hydrogen) atoms. The zero-order valence-electron chi connectivity index (χ0n) is 14.6. The molecule has 1 N–H and O–H groups in total. The Bertz CT molecular complexity index is 785. The minimum atomic E-state index is -0.144. The van der Waals surface area contributed by atoms with E-state index in [2.05, 4.69) is 34.5 Å². The molecule has 0 bridgehead atoms. The van der Waals surface area contributed by atoms with Gasteiger partial charge in [-0.2, -0.15) is 5.10 Å². The molecule has 0 unspecified atom stereocenters. The molecule has 2 aromatic rings. The SMILES string of the molecule is Cn1cc(-c2ccc(NC(=O)N3CC(C)(C)[C@@H]4COC[C@@H]43)nn2)cn1. The summed E-state index contributed by atoms with van der Waals surface area (Å²) in [6.07, 6.45) is 3.60. The molecule has 2 aliphatic rings. The van der Waals surface area contributed by atoms with Gasteiger partial charge in [0.05, 0.1) is 31.1 Å². The van der Waals surface area contributed by atoms with E-state index >= 15 is 0 Å². The van der Waals surface area contributed by atoms with Crippen molar-refractivity contribution in [3.8, 4) is 11.3 Å². The van der Waals surface area contributed by atoms with Crippen LogP contribution in [-0.2, 0) is 11.8 Å².